The third-order valence-corrected chi connectivity index (χ3v) is 5.32. The molecule has 0 aliphatic heterocycles. The van der Waals surface area contributed by atoms with Crippen molar-refractivity contribution in [3.63, 3.8) is 0 Å². The lowest BCUT2D eigenvalue weighted by Gasteiger charge is -2.09. The number of hydrogen-bond donors (Lipinski definition) is 0. The first-order valence-electron chi connectivity index (χ1n) is 7.09. The monoisotopic (exact) mass is 387 g/mol. The van der Waals surface area contributed by atoms with E-state index in [-0.39, 0.29) is 6.61 Å². The number of rotatable bonds is 5. The summed E-state index contributed by atoms with van der Waals surface area (Å²) >= 11 is 8.29. The van der Waals surface area contributed by atoms with Gasteiger partial charge in [0.05, 0.1) is 11.1 Å². The lowest BCUT2D eigenvalue weighted by Crippen LogP contribution is -2.07. The van der Waals surface area contributed by atoms with Crippen molar-refractivity contribution in [1.29, 1.82) is 5.26 Å². The fourth-order valence-corrected chi connectivity index (χ4v) is 3.60. The van der Waals surface area contributed by atoms with Crippen molar-refractivity contribution >= 4 is 40.9 Å². The summed E-state index contributed by atoms with van der Waals surface area (Å²) in [7, 11) is 0. The van der Waals surface area contributed by atoms with Crippen molar-refractivity contribution in [1.82, 2.24) is 9.59 Å². The standard InChI is InChI=1S/C17H10ClN3O2S2/c18-16-13(20-21-25-16)10-23-17(22)12-6-2-4-8-15(12)24-14-7-3-1-5-11(14)9-19/h1-8H,10H2. The van der Waals surface area contributed by atoms with E-state index in [9.17, 15) is 10.1 Å². The van der Waals surface area contributed by atoms with Gasteiger partial charge >= 0.3 is 5.97 Å². The highest BCUT2D eigenvalue weighted by molar-refractivity contribution is 7.99. The normalized spacial score (nSPS) is 10.2. The smallest absolute Gasteiger partial charge is 0.339 e. The van der Waals surface area contributed by atoms with Gasteiger partial charge in [-0.25, -0.2) is 4.79 Å². The lowest BCUT2D eigenvalue weighted by atomic mass is 10.2. The Kier molecular flexibility index (Phi) is 5.66. The molecular formula is C17H10ClN3O2S2. The van der Waals surface area contributed by atoms with Crippen molar-refractivity contribution in [3.05, 3.63) is 69.7 Å². The Morgan fingerprint density at radius 3 is 2.64 bits per heavy atom. The zero-order valence-corrected chi connectivity index (χ0v) is 15.1. The maximum Gasteiger partial charge on any atom is 0.339 e. The fourth-order valence-electron chi connectivity index (χ4n) is 1.99. The molecule has 0 amide bonds. The second-order valence-electron chi connectivity index (χ2n) is 4.78. The van der Waals surface area contributed by atoms with Crippen LogP contribution in [0.4, 0.5) is 0 Å². The van der Waals surface area contributed by atoms with Gasteiger partial charge in [0.15, 0.2) is 0 Å². The molecule has 3 rings (SSSR count). The van der Waals surface area contributed by atoms with Crippen LogP contribution in [-0.4, -0.2) is 15.6 Å². The van der Waals surface area contributed by atoms with Crippen LogP contribution < -0.4 is 0 Å². The molecule has 0 fully saturated rings. The predicted molar refractivity (Wildman–Crippen MR) is 95.8 cm³/mol. The number of esters is 1. The number of ether oxygens (including phenoxy) is 1. The summed E-state index contributed by atoms with van der Waals surface area (Å²) in [6.45, 7) is -0.0397. The van der Waals surface area contributed by atoms with Crippen LogP contribution in [0.15, 0.2) is 58.3 Å². The van der Waals surface area contributed by atoms with Crippen LogP contribution in [0.3, 0.4) is 0 Å². The highest BCUT2D eigenvalue weighted by Crippen LogP contribution is 2.33. The molecule has 0 radical (unpaired) electrons. The SMILES string of the molecule is N#Cc1ccccc1Sc1ccccc1C(=O)OCc1nnsc1Cl. The number of nitrogens with zero attached hydrogens (tertiary/aromatic N) is 3. The molecule has 0 atom stereocenters. The highest BCUT2D eigenvalue weighted by Gasteiger charge is 2.16. The summed E-state index contributed by atoms with van der Waals surface area (Å²) in [5.74, 6) is -0.485. The molecule has 0 aliphatic carbocycles. The third-order valence-electron chi connectivity index (χ3n) is 3.18. The van der Waals surface area contributed by atoms with Gasteiger partial charge in [0.1, 0.15) is 22.7 Å². The van der Waals surface area contributed by atoms with Crippen molar-refractivity contribution in [2.75, 3.05) is 0 Å². The van der Waals surface area contributed by atoms with Gasteiger partial charge in [0.2, 0.25) is 0 Å². The molecular weight excluding hydrogens is 378 g/mol. The lowest BCUT2D eigenvalue weighted by molar-refractivity contribution is 0.0464. The molecule has 0 unspecified atom stereocenters. The Morgan fingerprint density at radius 1 is 1.20 bits per heavy atom. The number of carbonyl (C=O) groups excluding carboxylic acids is 1. The quantitative estimate of drug-likeness (QED) is 0.597. The van der Waals surface area contributed by atoms with Crippen LogP contribution in [0.5, 0.6) is 0 Å². The van der Waals surface area contributed by atoms with Gasteiger partial charge in [-0.05, 0) is 24.3 Å². The minimum atomic E-state index is -0.485. The maximum absolute atomic E-state index is 12.4. The molecule has 0 bridgehead atoms. The van der Waals surface area contributed by atoms with E-state index < -0.39 is 5.97 Å². The molecule has 0 N–H and O–H groups in total. The van der Waals surface area contributed by atoms with Crippen LogP contribution in [0, 0.1) is 11.3 Å². The van der Waals surface area contributed by atoms with E-state index >= 15 is 0 Å². The van der Waals surface area contributed by atoms with Crippen LogP contribution in [-0.2, 0) is 11.3 Å². The van der Waals surface area contributed by atoms with E-state index in [1.807, 2.05) is 24.3 Å². The van der Waals surface area contributed by atoms with E-state index in [1.54, 1.807) is 24.3 Å². The zero-order chi connectivity index (χ0) is 17.6. The molecule has 0 saturated carbocycles. The number of carbonyl (C=O) groups is 1. The Bertz CT molecular complexity index is 953. The molecule has 124 valence electrons. The maximum atomic E-state index is 12.4. The number of aromatic nitrogens is 2. The average Bonchev–Trinajstić information content (AvgIpc) is 3.05. The van der Waals surface area contributed by atoms with Crippen LogP contribution in [0.1, 0.15) is 21.6 Å². The van der Waals surface area contributed by atoms with Crippen LogP contribution in [0.25, 0.3) is 0 Å². The molecule has 1 heterocycles. The average molecular weight is 388 g/mol. The van der Waals surface area contributed by atoms with Crippen LogP contribution >= 0.6 is 34.9 Å². The van der Waals surface area contributed by atoms with Gasteiger partial charge in [-0.1, -0.05) is 52.1 Å². The fraction of sp³-hybridized carbons (Fsp3) is 0.0588. The van der Waals surface area contributed by atoms with E-state index in [2.05, 4.69) is 15.7 Å². The largest absolute Gasteiger partial charge is 0.455 e. The first kappa shape index (κ1) is 17.4. The van der Waals surface area contributed by atoms with E-state index in [0.717, 1.165) is 16.4 Å². The van der Waals surface area contributed by atoms with Crippen molar-refractivity contribution in [2.45, 2.75) is 16.4 Å². The Labute approximate surface area is 157 Å². The number of halogens is 1. The van der Waals surface area contributed by atoms with Gasteiger partial charge in [0.25, 0.3) is 0 Å². The molecule has 8 heteroatoms. The summed E-state index contributed by atoms with van der Waals surface area (Å²) in [6.07, 6.45) is 0. The molecule has 0 spiro atoms. The molecule has 25 heavy (non-hydrogen) atoms. The number of hydrogen-bond acceptors (Lipinski definition) is 7. The van der Waals surface area contributed by atoms with Crippen molar-refractivity contribution in [2.24, 2.45) is 0 Å². The first-order valence-corrected chi connectivity index (χ1v) is 9.05. The summed E-state index contributed by atoms with van der Waals surface area (Å²) in [6, 6.07) is 16.5. The van der Waals surface area contributed by atoms with E-state index in [4.69, 9.17) is 16.3 Å². The summed E-state index contributed by atoms with van der Waals surface area (Å²) in [5.41, 5.74) is 1.40. The second kappa shape index (κ2) is 8.12. The summed E-state index contributed by atoms with van der Waals surface area (Å²) in [4.78, 5) is 13.9. The molecule has 1 aromatic heterocycles. The predicted octanol–water partition coefficient (Wildman–Crippen LogP) is 4.57. The zero-order valence-electron chi connectivity index (χ0n) is 12.7. The number of benzene rings is 2. The Balaban J connectivity index is 1.80. The van der Waals surface area contributed by atoms with Crippen molar-refractivity contribution in [3.8, 4) is 6.07 Å². The Morgan fingerprint density at radius 2 is 1.92 bits per heavy atom. The molecule has 0 aliphatic rings. The van der Waals surface area contributed by atoms with E-state index in [1.165, 1.54) is 11.8 Å². The third kappa shape index (κ3) is 4.17. The van der Waals surface area contributed by atoms with Gasteiger partial charge in [0, 0.05) is 21.3 Å². The van der Waals surface area contributed by atoms with Gasteiger partial charge in [-0.3, -0.25) is 0 Å². The minimum absolute atomic E-state index is 0.0397. The molecule has 5 nitrogen and oxygen atoms in total. The highest BCUT2D eigenvalue weighted by atomic mass is 35.5. The topological polar surface area (TPSA) is 75.9 Å². The van der Waals surface area contributed by atoms with Crippen LogP contribution in [0.2, 0.25) is 4.34 Å². The summed E-state index contributed by atoms with van der Waals surface area (Å²) < 4.78 is 9.39. The van der Waals surface area contributed by atoms with Gasteiger partial charge < -0.3 is 4.74 Å². The molecule has 3 aromatic rings. The Hall–Kier alpha value is -2.40. The van der Waals surface area contributed by atoms with Gasteiger partial charge in [-0.15, -0.1) is 5.10 Å². The molecule has 2 aromatic carbocycles. The molecule has 0 saturated heterocycles. The second-order valence-corrected chi connectivity index (χ2v) is 7.22. The first-order chi connectivity index (χ1) is 12.2. The summed E-state index contributed by atoms with van der Waals surface area (Å²) in [5, 5.41) is 13.0. The van der Waals surface area contributed by atoms with Crippen molar-refractivity contribution < 1.29 is 9.53 Å². The van der Waals surface area contributed by atoms with Gasteiger partial charge in [-0.2, -0.15) is 5.26 Å². The van der Waals surface area contributed by atoms with E-state index in [0.29, 0.717) is 26.1 Å². The number of nitriles is 1. The minimum Gasteiger partial charge on any atom is -0.455 e.